The number of anilines is 1. The first kappa shape index (κ1) is 18.7. The fraction of sp³-hybridized carbons (Fsp3) is 0.318. The van der Waals surface area contributed by atoms with Crippen molar-refractivity contribution in [3.05, 3.63) is 65.5 Å². The number of fused-ring (bicyclic) bond motifs is 1. The van der Waals surface area contributed by atoms with Gasteiger partial charge >= 0.3 is 0 Å². The number of para-hydroxylation sites is 1. The molecule has 1 aliphatic rings. The number of aromatic nitrogens is 3. The normalized spacial score (nSPS) is 14.6. The molecule has 2 aromatic carbocycles. The van der Waals surface area contributed by atoms with E-state index in [2.05, 4.69) is 47.5 Å². The fourth-order valence-electron chi connectivity index (χ4n) is 3.60. The van der Waals surface area contributed by atoms with Gasteiger partial charge in [-0.3, -0.25) is 9.36 Å². The van der Waals surface area contributed by atoms with Crippen LogP contribution in [0.25, 0.3) is 5.69 Å². The van der Waals surface area contributed by atoms with E-state index in [0.29, 0.717) is 0 Å². The third kappa shape index (κ3) is 3.56. The number of nitrogens with zero attached hydrogens (tertiary/aromatic N) is 4. The topological polar surface area (TPSA) is 51.0 Å². The molecule has 28 heavy (non-hydrogen) atoms. The number of hydrogen-bond donors (Lipinski definition) is 0. The molecule has 0 saturated carbocycles. The summed E-state index contributed by atoms with van der Waals surface area (Å²) in [4.78, 5) is 15.1. The van der Waals surface area contributed by atoms with Crippen molar-refractivity contribution in [2.75, 3.05) is 11.4 Å². The van der Waals surface area contributed by atoms with Gasteiger partial charge < -0.3 is 4.90 Å². The molecule has 6 heteroatoms. The Balaban J connectivity index is 1.57. The summed E-state index contributed by atoms with van der Waals surface area (Å²) in [5.74, 6) is 0.933. The summed E-state index contributed by atoms with van der Waals surface area (Å²) in [5.41, 5.74) is 4.51. The minimum Gasteiger partial charge on any atom is -0.311 e. The van der Waals surface area contributed by atoms with Crippen LogP contribution in [0.2, 0.25) is 0 Å². The Morgan fingerprint density at radius 3 is 2.61 bits per heavy atom. The Morgan fingerprint density at radius 2 is 1.82 bits per heavy atom. The highest BCUT2D eigenvalue weighted by molar-refractivity contribution is 8.00. The molecule has 0 fully saturated rings. The molecule has 0 bridgehead atoms. The van der Waals surface area contributed by atoms with Gasteiger partial charge in [-0.1, -0.05) is 47.7 Å². The molecule has 3 aromatic rings. The predicted octanol–water partition coefficient (Wildman–Crippen LogP) is 4.34. The lowest BCUT2D eigenvalue weighted by Crippen LogP contribution is -2.40. The van der Waals surface area contributed by atoms with E-state index in [0.717, 1.165) is 41.7 Å². The summed E-state index contributed by atoms with van der Waals surface area (Å²) < 4.78 is 2.01. The molecule has 0 N–H and O–H groups in total. The second-order valence-electron chi connectivity index (χ2n) is 7.18. The van der Waals surface area contributed by atoms with Crippen LogP contribution >= 0.6 is 11.8 Å². The molecule has 5 nitrogen and oxygen atoms in total. The monoisotopic (exact) mass is 392 g/mol. The van der Waals surface area contributed by atoms with Crippen molar-refractivity contribution in [1.82, 2.24) is 14.8 Å². The van der Waals surface area contributed by atoms with E-state index in [1.165, 1.54) is 22.9 Å². The molecule has 144 valence electrons. The number of benzene rings is 2. The van der Waals surface area contributed by atoms with Gasteiger partial charge in [0.15, 0.2) is 5.16 Å². The highest BCUT2D eigenvalue weighted by Gasteiger charge is 2.28. The summed E-state index contributed by atoms with van der Waals surface area (Å²) in [7, 11) is 0. The van der Waals surface area contributed by atoms with Gasteiger partial charge in [0.05, 0.1) is 5.25 Å². The van der Waals surface area contributed by atoms with Crippen molar-refractivity contribution in [3.63, 3.8) is 0 Å². The number of aryl methyl sites for hydroxylation is 3. The molecule has 1 aliphatic heterocycles. The Morgan fingerprint density at radius 1 is 1.07 bits per heavy atom. The van der Waals surface area contributed by atoms with Crippen molar-refractivity contribution < 1.29 is 4.79 Å². The second kappa shape index (κ2) is 7.80. The Bertz CT molecular complexity index is 996. The number of rotatable bonds is 4. The molecule has 1 amide bonds. The SMILES string of the molecule is Cc1ccc(-n2c(C)nnc2SC(C)C(=O)N2CCCc3ccccc32)cc1. The smallest absolute Gasteiger partial charge is 0.240 e. The molecular weight excluding hydrogens is 368 g/mol. The average molecular weight is 393 g/mol. The Kier molecular flexibility index (Phi) is 5.22. The fourth-order valence-corrected chi connectivity index (χ4v) is 4.58. The molecule has 4 rings (SSSR count). The van der Waals surface area contributed by atoms with E-state index in [1.54, 1.807) is 0 Å². The molecule has 0 spiro atoms. The quantitative estimate of drug-likeness (QED) is 0.620. The van der Waals surface area contributed by atoms with Gasteiger partial charge in [-0.25, -0.2) is 0 Å². The van der Waals surface area contributed by atoms with Gasteiger partial charge in [-0.15, -0.1) is 10.2 Å². The zero-order valence-electron chi connectivity index (χ0n) is 16.4. The number of carbonyl (C=O) groups is 1. The van der Waals surface area contributed by atoms with Crippen LogP contribution in [0.4, 0.5) is 5.69 Å². The van der Waals surface area contributed by atoms with E-state index in [-0.39, 0.29) is 11.2 Å². The average Bonchev–Trinajstić information content (AvgIpc) is 3.07. The van der Waals surface area contributed by atoms with Crippen LogP contribution in [0.1, 0.15) is 30.3 Å². The van der Waals surface area contributed by atoms with Crippen LogP contribution in [0.5, 0.6) is 0 Å². The highest BCUT2D eigenvalue weighted by Crippen LogP contribution is 2.31. The van der Waals surface area contributed by atoms with Crippen LogP contribution in [-0.2, 0) is 11.2 Å². The van der Waals surface area contributed by atoms with Crippen LogP contribution in [0, 0.1) is 13.8 Å². The highest BCUT2D eigenvalue weighted by atomic mass is 32.2. The zero-order valence-corrected chi connectivity index (χ0v) is 17.2. The van der Waals surface area contributed by atoms with Crippen LogP contribution < -0.4 is 4.90 Å². The molecule has 2 heterocycles. The minimum absolute atomic E-state index is 0.119. The predicted molar refractivity (Wildman–Crippen MR) is 113 cm³/mol. The van der Waals surface area contributed by atoms with E-state index < -0.39 is 0 Å². The van der Waals surface area contributed by atoms with Gasteiger partial charge in [0.1, 0.15) is 5.82 Å². The Hall–Kier alpha value is -2.60. The zero-order chi connectivity index (χ0) is 19.7. The molecule has 0 saturated heterocycles. The molecule has 1 unspecified atom stereocenters. The van der Waals surface area contributed by atoms with E-state index in [1.807, 2.05) is 41.5 Å². The second-order valence-corrected chi connectivity index (χ2v) is 8.49. The summed E-state index contributed by atoms with van der Waals surface area (Å²) in [6.45, 7) is 6.72. The van der Waals surface area contributed by atoms with Crippen LogP contribution in [0.15, 0.2) is 53.7 Å². The van der Waals surface area contributed by atoms with E-state index in [4.69, 9.17) is 0 Å². The lowest BCUT2D eigenvalue weighted by molar-refractivity contribution is -0.117. The first-order valence-electron chi connectivity index (χ1n) is 9.59. The molecule has 1 atom stereocenters. The lowest BCUT2D eigenvalue weighted by atomic mass is 10.0. The summed E-state index contributed by atoms with van der Waals surface area (Å²) in [6.07, 6.45) is 2.03. The van der Waals surface area contributed by atoms with Gasteiger partial charge in [0, 0.05) is 17.9 Å². The third-order valence-corrected chi connectivity index (χ3v) is 6.12. The van der Waals surface area contributed by atoms with Crippen LogP contribution in [0.3, 0.4) is 0 Å². The Labute approximate surface area is 169 Å². The summed E-state index contributed by atoms with van der Waals surface area (Å²) in [6, 6.07) is 16.5. The molecule has 0 radical (unpaired) electrons. The standard InChI is InChI=1S/C22H24N4OS/c1-15-10-12-19(13-11-15)26-17(3)23-24-22(26)28-16(2)21(27)25-14-6-8-18-7-4-5-9-20(18)25/h4-5,7,9-13,16H,6,8,14H2,1-3H3. The molecular formula is C22H24N4OS. The van der Waals surface area contributed by atoms with E-state index >= 15 is 0 Å². The number of thioether (sulfide) groups is 1. The van der Waals surface area contributed by atoms with Crippen LogP contribution in [-0.4, -0.2) is 32.5 Å². The number of hydrogen-bond acceptors (Lipinski definition) is 4. The van der Waals surface area contributed by atoms with Crippen molar-refractivity contribution >= 4 is 23.4 Å². The largest absolute Gasteiger partial charge is 0.311 e. The maximum Gasteiger partial charge on any atom is 0.240 e. The van der Waals surface area contributed by atoms with E-state index in [9.17, 15) is 4.79 Å². The third-order valence-electron chi connectivity index (χ3n) is 5.09. The van der Waals surface area contributed by atoms with Gasteiger partial charge in [0.25, 0.3) is 0 Å². The summed E-state index contributed by atoms with van der Waals surface area (Å²) in [5, 5.41) is 9.07. The van der Waals surface area contributed by atoms with Crippen molar-refractivity contribution in [1.29, 1.82) is 0 Å². The first-order valence-corrected chi connectivity index (χ1v) is 10.5. The molecule has 1 aromatic heterocycles. The van der Waals surface area contributed by atoms with Crippen molar-refractivity contribution in [2.45, 2.75) is 44.0 Å². The van der Waals surface area contributed by atoms with Crippen molar-refractivity contribution in [2.24, 2.45) is 0 Å². The van der Waals surface area contributed by atoms with Crippen molar-refractivity contribution in [3.8, 4) is 5.69 Å². The maximum atomic E-state index is 13.2. The lowest BCUT2D eigenvalue weighted by Gasteiger charge is -2.31. The van der Waals surface area contributed by atoms with Gasteiger partial charge in [-0.05, 0) is 57.4 Å². The maximum absolute atomic E-state index is 13.2. The summed E-state index contributed by atoms with van der Waals surface area (Å²) >= 11 is 1.46. The molecule has 0 aliphatic carbocycles. The number of carbonyl (C=O) groups excluding carboxylic acids is 1. The number of amides is 1. The van der Waals surface area contributed by atoms with Gasteiger partial charge in [0.2, 0.25) is 5.91 Å². The minimum atomic E-state index is -0.251. The first-order chi connectivity index (χ1) is 13.5. The van der Waals surface area contributed by atoms with Gasteiger partial charge in [-0.2, -0.15) is 0 Å².